The lowest BCUT2D eigenvalue weighted by Crippen LogP contribution is -2.22. The van der Waals surface area contributed by atoms with Gasteiger partial charge in [-0.3, -0.25) is 9.69 Å². The average molecular weight is 309 g/mol. The molecule has 0 bridgehead atoms. The highest BCUT2D eigenvalue weighted by Gasteiger charge is 2.29. The molecule has 0 aliphatic carbocycles. The van der Waals surface area contributed by atoms with Crippen LogP contribution >= 0.6 is 24.0 Å². The molecule has 1 fully saturated rings. The lowest BCUT2D eigenvalue weighted by atomic mass is 10.1. The zero-order chi connectivity index (χ0) is 14.7. The van der Waals surface area contributed by atoms with Crippen molar-refractivity contribution in [1.82, 2.24) is 4.90 Å². The van der Waals surface area contributed by atoms with Crippen LogP contribution in [-0.4, -0.2) is 35.9 Å². The maximum Gasteiger partial charge on any atom is 0.265 e. The Morgan fingerprint density at radius 1 is 1.45 bits per heavy atom. The molecule has 0 N–H and O–H groups in total. The number of hydrogen-bond acceptors (Lipinski definition) is 5. The summed E-state index contributed by atoms with van der Waals surface area (Å²) in [6, 6.07) is 5.58. The van der Waals surface area contributed by atoms with Crippen molar-refractivity contribution in [2.45, 2.75) is 6.92 Å². The summed E-state index contributed by atoms with van der Waals surface area (Å²) >= 11 is 6.40. The van der Waals surface area contributed by atoms with Crippen LogP contribution in [0.25, 0.3) is 6.08 Å². The van der Waals surface area contributed by atoms with E-state index in [4.69, 9.17) is 21.7 Å². The maximum atomic E-state index is 12.0. The van der Waals surface area contributed by atoms with Crippen LogP contribution in [0.4, 0.5) is 0 Å². The van der Waals surface area contributed by atoms with Crippen LogP contribution in [0.5, 0.6) is 11.5 Å². The van der Waals surface area contributed by atoms with Crippen LogP contribution in [0, 0.1) is 0 Å². The van der Waals surface area contributed by atoms with Crippen LogP contribution in [0.15, 0.2) is 23.1 Å². The highest BCUT2D eigenvalue weighted by molar-refractivity contribution is 8.26. The van der Waals surface area contributed by atoms with E-state index < -0.39 is 0 Å². The predicted octanol–water partition coefficient (Wildman–Crippen LogP) is 2.92. The first-order valence-electron chi connectivity index (χ1n) is 6.09. The molecule has 1 aromatic rings. The molecular weight excluding hydrogens is 294 g/mol. The minimum atomic E-state index is -0.0936. The summed E-state index contributed by atoms with van der Waals surface area (Å²) < 4.78 is 11.5. The smallest absolute Gasteiger partial charge is 0.265 e. The minimum absolute atomic E-state index is 0.0936. The second kappa shape index (κ2) is 6.28. The van der Waals surface area contributed by atoms with Gasteiger partial charge in [-0.05, 0) is 19.1 Å². The Labute approximate surface area is 127 Å². The van der Waals surface area contributed by atoms with Crippen molar-refractivity contribution in [1.29, 1.82) is 0 Å². The summed E-state index contributed by atoms with van der Waals surface area (Å²) in [4.78, 5) is 14.1. The van der Waals surface area contributed by atoms with Gasteiger partial charge < -0.3 is 9.47 Å². The summed E-state index contributed by atoms with van der Waals surface area (Å²) in [6.45, 7) is 2.46. The van der Waals surface area contributed by atoms with Gasteiger partial charge in [0.25, 0.3) is 5.91 Å². The Bertz CT molecular complexity index is 584. The molecule has 1 saturated heterocycles. The Morgan fingerprint density at radius 2 is 2.20 bits per heavy atom. The van der Waals surface area contributed by atoms with Crippen molar-refractivity contribution >= 4 is 40.3 Å². The second-order valence-corrected chi connectivity index (χ2v) is 5.73. The molecule has 4 nitrogen and oxygen atoms in total. The number of rotatable bonds is 4. The monoisotopic (exact) mass is 309 g/mol. The van der Waals surface area contributed by atoms with Gasteiger partial charge in [-0.1, -0.05) is 36.1 Å². The van der Waals surface area contributed by atoms with Gasteiger partial charge in [-0.25, -0.2) is 0 Å². The van der Waals surface area contributed by atoms with Crippen molar-refractivity contribution in [3.05, 3.63) is 28.7 Å². The number of ether oxygens (including phenoxy) is 2. The second-order valence-electron chi connectivity index (χ2n) is 4.05. The number of carbonyl (C=O) groups is 1. The number of hydrogen-bond donors (Lipinski definition) is 0. The van der Waals surface area contributed by atoms with Crippen LogP contribution < -0.4 is 9.47 Å². The van der Waals surface area contributed by atoms with E-state index in [-0.39, 0.29) is 5.91 Å². The molecular formula is C14H15NO3S2. The number of carbonyl (C=O) groups excluding carboxylic acids is 1. The molecule has 20 heavy (non-hydrogen) atoms. The third-order valence-electron chi connectivity index (χ3n) is 2.79. The summed E-state index contributed by atoms with van der Waals surface area (Å²) in [5.41, 5.74) is 0.799. The van der Waals surface area contributed by atoms with Gasteiger partial charge in [-0.15, -0.1) is 0 Å². The van der Waals surface area contributed by atoms with Crippen LogP contribution in [0.3, 0.4) is 0 Å². The van der Waals surface area contributed by atoms with E-state index in [9.17, 15) is 4.79 Å². The van der Waals surface area contributed by atoms with Crippen LogP contribution in [0.1, 0.15) is 12.5 Å². The number of para-hydroxylation sites is 1. The topological polar surface area (TPSA) is 38.8 Å². The highest BCUT2D eigenvalue weighted by Crippen LogP contribution is 2.36. The summed E-state index contributed by atoms with van der Waals surface area (Å²) in [6.07, 6.45) is 1.78. The number of amides is 1. The van der Waals surface area contributed by atoms with Gasteiger partial charge in [0, 0.05) is 12.6 Å². The van der Waals surface area contributed by atoms with E-state index >= 15 is 0 Å². The molecule has 6 heteroatoms. The van der Waals surface area contributed by atoms with Gasteiger partial charge in [0.1, 0.15) is 4.32 Å². The lowest BCUT2D eigenvalue weighted by Gasteiger charge is -2.11. The van der Waals surface area contributed by atoms with E-state index in [0.29, 0.717) is 27.3 Å². The third-order valence-corrected chi connectivity index (χ3v) is 4.27. The molecule has 0 unspecified atom stereocenters. The molecule has 2 rings (SSSR count). The highest BCUT2D eigenvalue weighted by atomic mass is 32.2. The first-order chi connectivity index (χ1) is 9.58. The molecule has 0 saturated carbocycles. The van der Waals surface area contributed by atoms with E-state index in [2.05, 4.69) is 0 Å². The zero-order valence-electron chi connectivity index (χ0n) is 11.5. The van der Waals surface area contributed by atoms with E-state index in [1.807, 2.05) is 25.1 Å². The van der Waals surface area contributed by atoms with Gasteiger partial charge in [-0.2, -0.15) is 0 Å². The molecule has 1 aromatic carbocycles. The quantitative estimate of drug-likeness (QED) is 0.631. The molecule has 1 amide bonds. The molecule has 0 spiro atoms. The van der Waals surface area contributed by atoms with E-state index in [1.165, 1.54) is 16.7 Å². The predicted molar refractivity (Wildman–Crippen MR) is 85.1 cm³/mol. The summed E-state index contributed by atoms with van der Waals surface area (Å²) in [7, 11) is 3.26. The molecule has 0 radical (unpaired) electrons. The molecule has 0 atom stereocenters. The Kier molecular flexibility index (Phi) is 4.67. The number of benzene rings is 1. The molecule has 106 valence electrons. The third kappa shape index (κ3) is 2.81. The van der Waals surface area contributed by atoms with Gasteiger partial charge in [0.05, 0.1) is 18.6 Å². The van der Waals surface area contributed by atoms with Crippen molar-refractivity contribution in [3.63, 3.8) is 0 Å². The number of likely N-dealkylation sites (N-methyl/N-ethyl adjacent to an activating group) is 1. The largest absolute Gasteiger partial charge is 0.492 e. The van der Waals surface area contributed by atoms with Gasteiger partial charge >= 0.3 is 0 Å². The van der Waals surface area contributed by atoms with Gasteiger partial charge in [0.2, 0.25) is 0 Å². The minimum Gasteiger partial charge on any atom is -0.492 e. The molecule has 0 aromatic heterocycles. The zero-order valence-corrected chi connectivity index (χ0v) is 13.1. The summed E-state index contributed by atoms with van der Waals surface area (Å²) in [5, 5.41) is 0. The summed E-state index contributed by atoms with van der Waals surface area (Å²) in [5.74, 6) is 1.19. The van der Waals surface area contributed by atoms with Crippen molar-refractivity contribution in [2.24, 2.45) is 0 Å². The lowest BCUT2D eigenvalue weighted by molar-refractivity contribution is -0.121. The number of methoxy groups -OCH3 is 1. The van der Waals surface area contributed by atoms with Crippen molar-refractivity contribution in [2.75, 3.05) is 20.8 Å². The SMILES string of the molecule is CCOc1cccc(C=C2SC(=S)N(C)C2=O)c1OC. The first-order valence-corrected chi connectivity index (χ1v) is 7.32. The molecule has 1 aliphatic heterocycles. The van der Waals surface area contributed by atoms with Crippen molar-refractivity contribution < 1.29 is 14.3 Å². The number of thioether (sulfide) groups is 1. The Balaban J connectivity index is 2.41. The Morgan fingerprint density at radius 3 is 2.75 bits per heavy atom. The van der Waals surface area contributed by atoms with Crippen LogP contribution in [0.2, 0.25) is 0 Å². The Hall–Kier alpha value is -1.53. The normalized spacial score (nSPS) is 16.9. The van der Waals surface area contributed by atoms with E-state index in [1.54, 1.807) is 20.2 Å². The average Bonchev–Trinajstić information content (AvgIpc) is 2.67. The van der Waals surface area contributed by atoms with Crippen LogP contribution in [-0.2, 0) is 4.79 Å². The maximum absolute atomic E-state index is 12.0. The van der Waals surface area contributed by atoms with E-state index in [0.717, 1.165) is 5.56 Å². The fourth-order valence-electron chi connectivity index (χ4n) is 1.82. The van der Waals surface area contributed by atoms with Crippen molar-refractivity contribution in [3.8, 4) is 11.5 Å². The fraction of sp³-hybridized carbons (Fsp3) is 0.286. The molecule has 1 aliphatic rings. The van der Waals surface area contributed by atoms with Gasteiger partial charge in [0.15, 0.2) is 11.5 Å². The standard InChI is InChI=1S/C14H15NO3S2/c1-4-18-10-7-5-6-9(12(10)17-3)8-11-13(16)15(2)14(19)20-11/h5-8H,4H2,1-3H3. The number of nitrogens with zero attached hydrogens (tertiary/aromatic N) is 1. The molecule has 1 heterocycles. The fourth-order valence-corrected chi connectivity index (χ4v) is 2.99. The first kappa shape index (κ1) is 14.9. The number of thiocarbonyl (C=S) groups is 1.